The summed E-state index contributed by atoms with van der Waals surface area (Å²) in [7, 11) is 0. The van der Waals surface area contributed by atoms with E-state index in [0.717, 1.165) is 64.6 Å². The Labute approximate surface area is 129 Å². The molecule has 1 saturated carbocycles. The van der Waals surface area contributed by atoms with Gasteiger partial charge in [-0.15, -0.1) is 0 Å². The molecule has 0 aromatic carbocycles. The maximum atomic E-state index is 11.8. The Bertz CT molecular complexity index is 285. The highest BCUT2D eigenvalue weighted by atomic mass is 16.5. The number of carbonyl (C=O) groups excluding carboxylic acids is 1. The largest absolute Gasteiger partial charge is 0.379 e. The van der Waals surface area contributed by atoms with E-state index >= 15 is 0 Å². The SMILES string of the molecule is O=C(CCC1CCCCC1)NCCCCN1CCOCC1. The van der Waals surface area contributed by atoms with Crippen LogP contribution in [0.1, 0.15) is 57.8 Å². The molecule has 2 fully saturated rings. The van der Waals surface area contributed by atoms with Crippen molar-refractivity contribution in [2.75, 3.05) is 39.4 Å². The average Bonchev–Trinajstić information content (AvgIpc) is 2.54. The summed E-state index contributed by atoms with van der Waals surface area (Å²) in [5.74, 6) is 1.07. The molecule has 0 aromatic rings. The zero-order valence-electron chi connectivity index (χ0n) is 13.4. The highest BCUT2D eigenvalue weighted by Crippen LogP contribution is 2.27. The van der Waals surface area contributed by atoms with Crippen LogP contribution >= 0.6 is 0 Å². The van der Waals surface area contributed by atoms with E-state index in [-0.39, 0.29) is 5.91 Å². The van der Waals surface area contributed by atoms with Gasteiger partial charge in [-0.1, -0.05) is 32.1 Å². The van der Waals surface area contributed by atoms with Crippen molar-refractivity contribution in [3.05, 3.63) is 0 Å². The molecular weight excluding hydrogens is 264 g/mol. The molecule has 122 valence electrons. The van der Waals surface area contributed by atoms with Crippen LogP contribution in [0, 0.1) is 5.92 Å². The lowest BCUT2D eigenvalue weighted by Gasteiger charge is -2.26. The molecule has 0 radical (unpaired) electrons. The van der Waals surface area contributed by atoms with Crippen LogP contribution in [-0.2, 0) is 9.53 Å². The molecule has 0 unspecified atom stereocenters. The molecule has 1 aliphatic carbocycles. The molecule has 1 aliphatic heterocycles. The van der Waals surface area contributed by atoms with Crippen LogP contribution in [0.15, 0.2) is 0 Å². The lowest BCUT2D eigenvalue weighted by molar-refractivity contribution is -0.121. The fourth-order valence-electron chi connectivity index (χ4n) is 3.41. The number of morpholine rings is 1. The summed E-state index contributed by atoms with van der Waals surface area (Å²) >= 11 is 0. The van der Waals surface area contributed by atoms with Gasteiger partial charge >= 0.3 is 0 Å². The van der Waals surface area contributed by atoms with Gasteiger partial charge in [-0.05, 0) is 31.7 Å². The van der Waals surface area contributed by atoms with Crippen molar-refractivity contribution in [1.82, 2.24) is 10.2 Å². The summed E-state index contributed by atoms with van der Waals surface area (Å²) in [5.41, 5.74) is 0. The summed E-state index contributed by atoms with van der Waals surface area (Å²) in [6.45, 7) is 5.85. The minimum Gasteiger partial charge on any atom is -0.379 e. The summed E-state index contributed by atoms with van der Waals surface area (Å²) in [4.78, 5) is 14.3. The molecule has 4 heteroatoms. The summed E-state index contributed by atoms with van der Waals surface area (Å²) in [5, 5.41) is 3.08. The molecule has 0 spiro atoms. The molecular formula is C17H32N2O2. The number of nitrogens with zero attached hydrogens (tertiary/aromatic N) is 1. The number of hydrogen-bond donors (Lipinski definition) is 1. The van der Waals surface area contributed by atoms with Crippen molar-refractivity contribution < 1.29 is 9.53 Å². The lowest BCUT2D eigenvalue weighted by Crippen LogP contribution is -2.37. The topological polar surface area (TPSA) is 41.6 Å². The number of ether oxygens (including phenoxy) is 1. The van der Waals surface area contributed by atoms with E-state index in [1.807, 2.05) is 0 Å². The molecule has 2 aliphatic rings. The second-order valence-electron chi connectivity index (χ2n) is 6.55. The second kappa shape index (κ2) is 10.2. The van der Waals surface area contributed by atoms with Crippen molar-refractivity contribution in [1.29, 1.82) is 0 Å². The minimum atomic E-state index is 0.256. The predicted octanol–water partition coefficient (Wildman–Crippen LogP) is 2.58. The molecule has 1 heterocycles. The van der Waals surface area contributed by atoms with Gasteiger partial charge in [0.25, 0.3) is 0 Å². The number of rotatable bonds is 8. The van der Waals surface area contributed by atoms with Crippen molar-refractivity contribution in [3.8, 4) is 0 Å². The van der Waals surface area contributed by atoms with Crippen LogP contribution < -0.4 is 5.32 Å². The van der Waals surface area contributed by atoms with Gasteiger partial charge in [0.15, 0.2) is 0 Å². The van der Waals surface area contributed by atoms with E-state index in [1.54, 1.807) is 0 Å². The Morgan fingerprint density at radius 1 is 1.10 bits per heavy atom. The fraction of sp³-hybridized carbons (Fsp3) is 0.941. The molecule has 4 nitrogen and oxygen atoms in total. The molecule has 2 rings (SSSR count). The molecule has 0 aromatic heterocycles. The Morgan fingerprint density at radius 2 is 1.86 bits per heavy atom. The van der Waals surface area contributed by atoms with E-state index in [1.165, 1.54) is 38.5 Å². The second-order valence-corrected chi connectivity index (χ2v) is 6.55. The highest BCUT2D eigenvalue weighted by molar-refractivity contribution is 5.75. The highest BCUT2D eigenvalue weighted by Gasteiger charge is 2.14. The van der Waals surface area contributed by atoms with Crippen LogP contribution in [0.2, 0.25) is 0 Å². The van der Waals surface area contributed by atoms with Crippen molar-refractivity contribution in [3.63, 3.8) is 0 Å². The molecule has 1 N–H and O–H groups in total. The molecule has 21 heavy (non-hydrogen) atoms. The Balaban J connectivity index is 1.41. The van der Waals surface area contributed by atoms with Crippen LogP contribution in [0.4, 0.5) is 0 Å². The number of unbranched alkanes of at least 4 members (excludes halogenated alkanes) is 1. The number of amides is 1. The average molecular weight is 296 g/mol. The third kappa shape index (κ3) is 7.28. The normalized spacial score (nSPS) is 21.3. The quantitative estimate of drug-likeness (QED) is 0.700. The zero-order chi connectivity index (χ0) is 14.8. The van der Waals surface area contributed by atoms with Crippen LogP contribution in [0.3, 0.4) is 0 Å². The minimum absolute atomic E-state index is 0.256. The maximum absolute atomic E-state index is 11.8. The van der Waals surface area contributed by atoms with Gasteiger partial charge in [0.1, 0.15) is 0 Å². The van der Waals surface area contributed by atoms with E-state index in [9.17, 15) is 4.79 Å². The number of nitrogens with one attached hydrogen (secondary N) is 1. The maximum Gasteiger partial charge on any atom is 0.220 e. The summed E-state index contributed by atoms with van der Waals surface area (Å²) in [6, 6.07) is 0. The fourth-order valence-corrected chi connectivity index (χ4v) is 3.41. The summed E-state index contributed by atoms with van der Waals surface area (Å²) in [6.07, 6.45) is 10.9. The zero-order valence-corrected chi connectivity index (χ0v) is 13.4. The third-order valence-corrected chi connectivity index (χ3v) is 4.83. The first-order valence-electron chi connectivity index (χ1n) is 8.91. The first kappa shape index (κ1) is 16.8. The van der Waals surface area contributed by atoms with E-state index in [2.05, 4.69) is 10.2 Å². The van der Waals surface area contributed by atoms with Crippen LogP contribution in [0.25, 0.3) is 0 Å². The van der Waals surface area contributed by atoms with Crippen LogP contribution in [0.5, 0.6) is 0 Å². The van der Waals surface area contributed by atoms with Gasteiger partial charge < -0.3 is 10.1 Å². The number of carbonyl (C=O) groups is 1. The van der Waals surface area contributed by atoms with Gasteiger partial charge in [0, 0.05) is 26.1 Å². The third-order valence-electron chi connectivity index (χ3n) is 4.83. The smallest absolute Gasteiger partial charge is 0.220 e. The first-order valence-corrected chi connectivity index (χ1v) is 8.91. The standard InChI is InChI=1S/C17H32N2O2/c20-17(9-8-16-6-2-1-3-7-16)18-10-4-5-11-19-12-14-21-15-13-19/h16H,1-15H2,(H,18,20). The van der Waals surface area contributed by atoms with Gasteiger partial charge in [-0.2, -0.15) is 0 Å². The Morgan fingerprint density at radius 3 is 2.62 bits per heavy atom. The van der Waals surface area contributed by atoms with Gasteiger partial charge in [-0.3, -0.25) is 9.69 Å². The van der Waals surface area contributed by atoms with Gasteiger partial charge in [0.05, 0.1) is 13.2 Å². The molecule has 0 atom stereocenters. The van der Waals surface area contributed by atoms with E-state index in [4.69, 9.17) is 4.74 Å². The molecule has 1 saturated heterocycles. The van der Waals surface area contributed by atoms with Crippen molar-refractivity contribution >= 4 is 5.91 Å². The Hall–Kier alpha value is -0.610. The monoisotopic (exact) mass is 296 g/mol. The number of hydrogen-bond acceptors (Lipinski definition) is 3. The van der Waals surface area contributed by atoms with E-state index in [0.29, 0.717) is 0 Å². The lowest BCUT2D eigenvalue weighted by atomic mass is 9.86. The predicted molar refractivity (Wildman–Crippen MR) is 85.3 cm³/mol. The van der Waals surface area contributed by atoms with Crippen LogP contribution in [-0.4, -0.2) is 50.2 Å². The van der Waals surface area contributed by atoms with E-state index < -0.39 is 0 Å². The molecule has 1 amide bonds. The van der Waals surface area contributed by atoms with Crippen molar-refractivity contribution in [2.24, 2.45) is 5.92 Å². The van der Waals surface area contributed by atoms with Gasteiger partial charge in [-0.25, -0.2) is 0 Å². The summed E-state index contributed by atoms with van der Waals surface area (Å²) < 4.78 is 5.34. The van der Waals surface area contributed by atoms with Crippen molar-refractivity contribution in [2.45, 2.75) is 57.8 Å². The van der Waals surface area contributed by atoms with Gasteiger partial charge in [0.2, 0.25) is 5.91 Å². The Kier molecular flexibility index (Phi) is 8.12. The molecule has 0 bridgehead atoms. The first-order chi connectivity index (χ1) is 10.3.